The van der Waals surface area contributed by atoms with Crippen LogP contribution in [0.2, 0.25) is 0 Å². The average Bonchev–Trinajstić information content (AvgIpc) is 3.10. The third kappa shape index (κ3) is 3.29. The van der Waals surface area contributed by atoms with Gasteiger partial charge in [-0.05, 0) is 55.8 Å². The molecule has 25 heavy (non-hydrogen) atoms. The zero-order chi connectivity index (χ0) is 17.4. The summed E-state index contributed by atoms with van der Waals surface area (Å²) in [5.41, 5.74) is 1.00. The molecule has 2 fully saturated rings. The topological polar surface area (TPSA) is 79.7 Å². The number of nitrogens with zero attached hydrogens (tertiary/aromatic N) is 2. The molecular formula is C18H22N2O4S. The fraction of sp³-hybridized carbons (Fsp3) is 0.500. The van der Waals surface area contributed by atoms with Crippen LogP contribution in [0.15, 0.2) is 35.4 Å². The van der Waals surface area contributed by atoms with E-state index >= 15 is 0 Å². The lowest BCUT2D eigenvalue weighted by Crippen LogP contribution is -2.39. The number of likely N-dealkylation sites (tertiary alicyclic amines) is 1. The summed E-state index contributed by atoms with van der Waals surface area (Å²) < 4.78 is 37.6. The van der Waals surface area contributed by atoms with Gasteiger partial charge in [-0.1, -0.05) is 6.07 Å². The van der Waals surface area contributed by atoms with Crippen LogP contribution in [0, 0.1) is 0 Å². The van der Waals surface area contributed by atoms with Crippen molar-refractivity contribution < 1.29 is 17.7 Å². The van der Waals surface area contributed by atoms with Gasteiger partial charge >= 0.3 is 0 Å². The number of rotatable bonds is 3. The number of pyridine rings is 1. The first kappa shape index (κ1) is 16.9. The maximum absolute atomic E-state index is 11.4. The van der Waals surface area contributed by atoms with Crippen LogP contribution in [-0.2, 0) is 14.9 Å². The van der Waals surface area contributed by atoms with Crippen LogP contribution in [-0.4, -0.2) is 48.7 Å². The Kier molecular flexibility index (Phi) is 4.49. The van der Waals surface area contributed by atoms with E-state index in [0.29, 0.717) is 6.04 Å². The van der Waals surface area contributed by atoms with Crippen LogP contribution in [0.25, 0.3) is 10.8 Å². The lowest BCUT2D eigenvalue weighted by atomic mass is 10.0. The van der Waals surface area contributed by atoms with E-state index < -0.39 is 10.1 Å². The molecule has 134 valence electrons. The lowest BCUT2D eigenvalue weighted by Gasteiger charge is -2.35. The van der Waals surface area contributed by atoms with Crippen LogP contribution < -0.4 is 0 Å². The Labute approximate surface area is 147 Å². The highest BCUT2D eigenvalue weighted by atomic mass is 32.2. The Hall–Kier alpha value is -1.54. The number of benzene rings is 1. The lowest BCUT2D eigenvalue weighted by molar-refractivity contribution is 0.0287. The Morgan fingerprint density at radius 1 is 1.16 bits per heavy atom. The first-order valence-corrected chi connectivity index (χ1v) is 10.2. The molecule has 0 amide bonds. The second-order valence-electron chi connectivity index (χ2n) is 6.79. The molecule has 1 atom stereocenters. The van der Waals surface area contributed by atoms with Crippen LogP contribution in [0.1, 0.15) is 37.4 Å². The molecule has 2 aliphatic rings. The predicted molar refractivity (Wildman–Crippen MR) is 94.1 cm³/mol. The summed E-state index contributed by atoms with van der Waals surface area (Å²) in [7, 11) is -4.20. The molecule has 0 bridgehead atoms. The van der Waals surface area contributed by atoms with E-state index in [2.05, 4.69) is 9.88 Å². The van der Waals surface area contributed by atoms with E-state index in [9.17, 15) is 13.0 Å². The minimum Gasteiger partial charge on any atom is -0.381 e. The molecule has 1 aromatic carbocycles. The van der Waals surface area contributed by atoms with Gasteiger partial charge in [0.25, 0.3) is 10.1 Å². The first-order valence-electron chi connectivity index (χ1n) is 8.74. The molecule has 2 saturated heterocycles. The number of hydrogen-bond donors (Lipinski definition) is 1. The maximum Gasteiger partial charge on any atom is 0.294 e. The van der Waals surface area contributed by atoms with E-state index in [1.54, 1.807) is 18.3 Å². The van der Waals surface area contributed by atoms with Gasteiger partial charge in [-0.2, -0.15) is 8.42 Å². The Bertz CT molecular complexity index is 878. The Balaban J connectivity index is 1.73. The molecular weight excluding hydrogens is 340 g/mol. The van der Waals surface area contributed by atoms with Crippen molar-refractivity contribution in [1.29, 1.82) is 0 Å². The van der Waals surface area contributed by atoms with Crippen molar-refractivity contribution in [2.45, 2.75) is 42.7 Å². The Morgan fingerprint density at radius 2 is 1.96 bits per heavy atom. The standard InChI is InChI=1S/C18H22N2O4S/c21-25(22,23)15-3-4-16-13(12-15)5-8-19-18(16)17-2-1-9-20(17)14-6-10-24-11-7-14/h3-5,8,12,14,17H,1-2,6-7,9-11H2,(H,21,22,23). The fourth-order valence-electron chi connectivity index (χ4n) is 4.14. The minimum atomic E-state index is -4.20. The minimum absolute atomic E-state index is 0.0788. The van der Waals surface area contributed by atoms with Crippen molar-refractivity contribution in [3.05, 3.63) is 36.2 Å². The van der Waals surface area contributed by atoms with Gasteiger partial charge < -0.3 is 4.74 Å². The SMILES string of the molecule is O=S(=O)(O)c1ccc2c(C3CCCN3C3CCOCC3)nccc2c1. The van der Waals surface area contributed by atoms with Gasteiger partial charge in [0.2, 0.25) is 0 Å². The van der Waals surface area contributed by atoms with Crippen LogP contribution >= 0.6 is 0 Å². The van der Waals surface area contributed by atoms with E-state index in [-0.39, 0.29) is 10.9 Å². The van der Waals surface area contributed by atoms with Gasteiger partial charge in [0.1, 0.15) is 0 Å². The quantitative estimate of drug-likeness (QED) is 0.846. The van der Waals surface area contributed by atoms with Gasteiger partial charge in [0.15, 0.2) is 0 Å². The second kappa shape index (κ2) is 6.64. The highest BCUT2D eigenvalue weighted by Gasteiger charge is 2.34. The smallest absolute Gasteiger partial charge is 0.294 e. The molecule has 4 rings (SSSR count). The highest BCUT2D eigenvalue weighted by Crippen LogP contribution is 2.38. The summed E-state index contributed by atoms with van der Waals surface area (Å²) in [5, 5.41) is 1.75. The molecule has 3 heterocycles. The third-order valence-electron chi connectivity index (χ3n) is 5.33. The highest BCUT2D eigenvalue weighted by molar-refractivity contribution is 7.85. The second-order valence-corrected chi connectivity index (χ2v) is 8.22. The predicted octanol–water partition coefficient (Wildman–Crippen LogP) is 2.80. The van der Waals surface area contributed by atoms with Crippen molar-refractivity contribution in [1.82, 2.24) is 9.88 Å². The van der Waals surface area contributed by atoms with Gasteiger partial charge in [-0.3, -0.25) is 14.4 Å². The van der Waals surface area contributed by atoms with Crippen LogP contribution in [0.4, 0.5) is 0 Å². The van der Waals surface area contributed by atoms with Gasteiger partial charge in [-0.25, -0.2) is 0 Å². The third-order valence-corrected chi connectivity index (χ3v) is 6.18. The Morgan fingerprint density at radius 3 is 2.72 bits per heavy atom. The zero-order valence-corrected chi connectivity index (χ0v) is 14.8. The molecule has 1 unspecified atom stereocenters. The molecule has 7 heteroatoms. The van der Waals surface area contributed by atoms with Crippen molar-refractivity contribution in [2.75, 3.05) is 19.8 Å². The van der Waals surface area contributed by atoms with E-state index in [4.69, 9.17) is 4.74 Å². The fourth-order valence-corrected chi connectivity index (χ4v) is 4.66. The summed E-state index contributed by atoms with van der Waals surface area (Å²) in [6, 6.07) is 7.31. The van der Waals surface area contributed by atoms with E-state index in [0.717, 1.165) is 61.9 Å². The number of ether oxygens (including phenoxy) is 1. The zero-order valence-electron chi connectivity index (χ0n) is 14.0. The van der Waals surface area contributed by atoms with Crippen molar-refractivity contribution >= 4 is 20.9 Å². The van der Waals surface area contributed by atoms with E-state index in [1.807, 2.05) is 0 Å². The van der Waals surface area contributed by atoms with Crippen molar-refractivity contribution in [3.63, 3.8) is 0 Å². The van der Waals surface area contributed by atoms with Crippen molar-refractivity contribution in [2.24, 2.45) is 0 Å². The van der Waals surface area contributed by atoms with Crippen LogP contribution in [0.3, 0.4) is 0 Å². The molecule has 0 spiro atoms. The molecule has 2 aromatic rings. The summed E-state index contributed by atoms with van der Waals surface area (Å²) in [6.45, 7) is 2.69. The molecule has 0 aliphatic carbocycles. The van der Waals surface area contributed by atoms with Gasteiger partial charge in [0.05, 0.1) is 16.6 Å². The first-order chi connectivity index (χ1) is 12.0. The average molecular weight is 362 g/mol. The monoisotopic (exact) mass is 362 g/mol. The number of aromatic nitrogens is 1. The van der Waals surface area contributed by atoms with Gasteiger partial charge in [-0.15, -0.1) is 0 Å². The summed E-state index contributed by atoms with van der Waals surface area (Å²) in [5.74, 6) is 0. The molecule has 1 N–H and O–H groups in total. The summed E-state index contributed by atoms with van der Waals surface area (Å²) >= 11 is 0. The largest absolute Gasteiger partial charge is 0.381 e. The van der Waals surface area contributed by atoms with Crippen molar-refractivity contribution in [3.8, 4) is 0 Å². The molecule has 6 nitrogen and oxygen atoms in total. The number of hydrogen-bond acceptors (Lipinski definition) is 5. The van der Waals surface area contributed by atoms with Gasteiger partial charge in [0, 0.05) is 30.8 Å². The van der Waals surface area contributed by atoms with Crippen LogP contribution in [0.5, 0.6) is 0 Å². The summed E-state index contributed by atoms with van der Waals surface area (Å²) in [4.78, 5) is 7.10. The molecule has 1 aromatic heterocycles. The normalized spacial score (nSPS) is 23.3. The molecule has 0 radical (unpaired) electrons. The summed E-state index contributed by atoms with van der Waals surface area (Å²) in [6.07, 6.45) is 6.03. The number of fused-ring (bicyclic) bond motifs is 1. The molecule has 2 aliphatic heterocycles. The molecule has 0 saturated carbocycles. The van der Waals surface area contributed by atoms with E-state index in [1.165, 1.54) is 12.1 Å². The maximum atomic E-state index is 11.4.